The van der Waals surface area contributed by atoms with Crippen LogP contribution in [-0.4, -0.2) is 40.1 Å². The van der Waals surface area contributed by atoms with Gasteiger partial charge in [-0.25, -0.2) is 9.50 Å². The Kier molecular flexibility index (Phi) is 10.0. The van der Waals surface area contributed by atoms with E-state index in [1.54, 1.807) is 18.7 Å². The highest BCUT2D eigenvalue weighted by Gasteiger charge is 2.20. The van der Waals surface area contributed by atoms with Gasteiger partial charge < -0.3 is 19.3 Å². The number of methoxy groups -OCH3 is 2. The third kappa shape index (κ3) is 6.84. The zero-order valence-electron chi connectivity index (χ0n) is 22.3. The van der Waals surface area contributed by atoms with E-state index in [1.807, 2.05) is 31.2 Å². The molecule has 0 saturated carbocycles. The molecule has 0 aliphatic rings. The number of aryl methyl sites for hydroxylation is 2. The SMILES string of the molecule is CC=O.CCc1nc(C(C)CCCc2ccccc2)n2nc(Cc3ccc(OC)c(OC)c3)[nH]c(=O)c12. The average molecular weight is 505 g/mol. The van der Waals surface area contributed by atoms with Crippen LogP contribution in [0.4, 0.5) is 0 Å². The van der Waals surface area contributed by atoms with Crippen molar-refractivity contribution in [3.8, 4) is 11.5 Å². The van der Waals surface area contributed by atoms with Crippen LogP contribution in [0.15, 0.2) is 53.3 Å². The van der Waals surface area contributed by atoms with E-state index in [-0.39, 0.29) is 11.5 Å². The van der Waals surface area contributed by atoms with Crippen molar-refractivity contribution in [2.24, 2.45) is 0 Å². The molecule has 2 aromatic heterocycles. The standard InChI is InChI=1S/C27H32N4O3.C2H4O/c1-5-21-25-27(32)29-24(17-20-14-15-22(33-3)23(16-20)34-4)30-31(25)26(28-21)18(2)10-9-13-19-11-7-6-8-12-19;1-2-3/h6-8,11-12,14-16,18H,5,9-10,13,17H2,1-4H3,(H,29,30,32);2H,1H3. The second-order valence-electron chi connectivity index (χ2n) is 8.81. The van der Waals surface area contributed by atoms with Gasteiger partial charge in [0.25, 0.3) is 5.56 Å². The number of H-pyrrole nitrogens is 1. The van der Waals surface area contributed by atoms with Crippen molar-refractivity contribution in [3.05, 3.63) is 87.4 Å². The largest absolute Gasteiger partial charge is 0.493 e. The lowest BCUT2D eigenvalue weighted by Crippen LogP contribution is -2.18. The number of fused-ring (bicyclic) bond motifs is 1. The Morgan fingerprint density at radius 2 is 1.76 bits per heavy atom. The van der Waals surface area contributed by atoms with E-state index < -0.39 is 0 Å². The Morgan fingerprint density at radius 1 is 1.05 bits per heavy atom. The molecule has 4 aromatic rings. The van der Waals surface area contributed by atoms with Crippen molar-refractivity contribution >= 4 is 11.8 Å². The zero-order chi connectivity index (χ0) is 26.8. The number of nitrogens with one attached hydrogen (secondary N) is 1. The highest BCUT2D eigenvalue weighted by molar-refractivity contribution is 5.51. The van der Waals surface area contributed by atoms with E-state index in [4.69, 9.17) is 24.4 Å². The second-order valence-corrected chi connectivity index (χ2v) is 8.81. The number of aromatic amines is 1. The fraction of sp³-hybridized carbons (Fsp3) is 0.379. The maximum absolute atomic E-state index is 13.0. The minimum atomic E-state index is -0.155. The Labute approximate surface area is 217 Å². The van der Waals surface area contributed by atoms with Gasteiger partial charge in [-0.3, -0.25) is 4.79 Å². The maximum Gasteiger partial charge on any atom is 0.277 e. The van der Waals surface area contributed by atoms with Crippen LogP contribution in [0.2, 0.25) is 0 Å². The van der Waals surface area contributed by atoms with E-state index in [2.05, 4.69) is 36.2 Å². The van der Waals surface area contributed by atoms with Gasteiger partial charge in [0.2, 0.25) is 0 Å². The van der Waals surface area contributed by atoms with Crippen LogP contribution in [0, 0.1) is 0 Å². The molecule has 37 heavy (non-hydrogen) atoms. The third-order valence-corrected chi connectivity index (χ3v) is 6.19. The highest BCUT2D eigenvalue weighted by atomic mass is 16.5. The van der Waals surface area contributed by atoms with Crippen LogP contribution in [0.3, 0.4) is 0 Å². The van der Waals surface area contributed by atoms with Crippen molar-refractivity contribution in [1.82, 2.24) is 19.6 Å². The van der Waals surface area contributed by atoms with Crippen molar-refractivity contribution < 1.29 is 14.3 Å². The van der Waals surface area contributed by atoms with Gasteiger partial charge in [-0.2, -0.15) is 5.10 Å². The number of hydrogen-bond acceptors (Lipinski definition) is 6. The summed E-state index contributed by atoms with van der Waals surface area (Å²) in [4.78, 5) is 29.6. The van der Waals surface area contributed by atoms with Crippen molar-refractivity contribution in [2.45, 2.75) is 58.8 Å². The first-order valence-corrected chi connectivity index (χ1v) is 12.6. The predicted octanol–water partition coefficient (Wildman–Crippen LogP) is 4.92. The number of aldehydes is 1. The van der Waals surface area contributed by atoms with Crippen LogP contribution in [0.25, 0.3) is 5.52 Å². The van der Waals surface area contributed by atoms with E-state index in [0.717, 1.165) is 42.6 Å². The molecule has 8 heteroatoms. The van der Waals surface area contributed by atoms with Gasteiger partial charge in [-0.05, 0) is 55.9 Å². The molecule has 0 amide bonds. The number of carbonyl (C=O) groups excluding carboxylic acids is 1. The summed E-state index contributed by atoms with van der Waals surface area (Å²) in [6.07, 6.45) is 4.93. The average Bonchev–Trinajstić information content (AvgIpc) is 3.29. The summed E-state index contributed by atoms with van der Waals surface area (Å²) in [5.74, 6) is 2.92. The lowest BCUT2D eigenvalue weighted by atomic mass is 10.0. The Bertz CT molecular complexity index is 1360. The summed E-state index contributed by atoms with van der Waals surface area (Å²) in [6, 6.07) is 16.2. The van der Waals surface area contributed by atoms with Crippen molar-refractivity contribution in [3.63, 3.8) is 0 Å². The zero-order valence-corrected chi connectivity index (χ0v) is 22.3. The molecule has 1 unspecified atom stereocenters. The minimum absolute atomic E-state index is 0.155. The van der Waals surface area contributed by atoms with Crippen LogP contribution in [0.5, 0.6) is 11.5 Å². The summed E-state index contributed by atoms with van der Waals surface area (Å²) in [5, 5.41) is 4.81. The number of hydrogen-bond donors (Lipinski definition) is 1. The molecule has 4 rings (SSSR count). The Hall–Kier alpha value is -3.94. The number of benzene rings is 2. The molecule has 0 radical (unpaired) electrons. The molecule has 0 fully saturated rings. The summed E-state index contributed by atoms with van der Waals surface area (Å²) in [7, 11) is 3.22. The lowest BCUT2D eigenvalue weighted by molar-refractivity contribution is -0.106. The molecule has 0 spiro atoms. The predicted molar refractivity (Wildman–Crippen MR) is 145 cm³/mol. The van der Waals surface area contributed by atoms with Crippen LogP contribution in [-0.2, 0) is 24.1 Å². The number of nitrogens with zero attached hydrogens (tertiary/aromatic N) is 3. The van der Waals surface area contributed by atoms with Gasteiger partial charge in [-0.1, -0.05) is 50.2 Å². The molecule has 8 nitrogen and oxygen atoms in total. The molecule has 196 valence electrons. The molecule has 0 saturated heterocycles. The second kappa shape index (κ2) is 13.4. The molecule has 0 aliphatic carbocycles. The summed E-state index contributed by atoms with van der Waals surface area (Å²) < 4.78 is 12.5. The van der Waals surface area contributed by atoms with Crippen molar-refractivity contribution in [2.75, 3.05) is 14.2 Å². The van der Waals surface area contributed by atoms with Gasteiger partial charge in [0.05, 0.1) is 19.9 Å². The van der Waals surface area contributed by atoms with Crippen LogP contribution in [0.1, 0.15) is 68.0 Å². The maximum atomic E-state index is 13.0. The molecule has 0 bridgehead atoms. The van der Waals surface area contributed by atoms with Gasteiger partial charge in [0.15, 0.2) is 17.0 Å². The smallest absolute Gasteiger partial charge is 0.277 e. The fourth-order valence-corrected chi connectivity index (χ4v) is 4.35. The van der Waals surface area contributed by atoms with E-state index in [9.17, 15) is 4.79 Å². The van der Waals surface area contributed by atoms with Crippen LogP contribution < -0.4 is 15.0 Å². The minimum Gasteiger partial charge on any atom is -0.493 e. The Balaban J connectivity index is 0.00000121. The summed E-state index contributed by atoms with van der Waals surface area (Å²) in [5.41, 5.74) is 3.48. The third-order valence-electron chi connectivity index (χ3n) is 6.19. The molecular formula is C29H36N4O4. The van der Waals surface area contributed by atoms with Crippen molar-refractivity contribution in [1.29, 1.82) is 0 Å². The van der Waals surface area contributed by atoms with Gasteiger partial charge in [-0.15, -0.1) is 0 Å². The monoisotopic (exact) mass is 504 g/mol. The molecule has 1 N–H and O–H groups in total. The summed E-state index contributed by atoms with van der Waals surface area (Å²) in [6.45, 7) is 5.62. The normalized spacial score (nSPS) is 11.5. The van der Waals surface area contributed by atoms with Gasteiger partial charge >= 0.3 is 0 Å². The number of ether oxygens (including phenoxy) is 2. The van der Waals surface area contributed by atoms with E-state index in [0.29, 0.717) is 35.7 Å². The Morgan fingerprint density at radius 3 is 2.41 bits per heavy atom. The first-order chi connectivity index (χ1) is 17.9. The number of rotatable bonds is 10. The lowest BCUT2D eigenvalue weighted by Gasteiger charge is -2.11. The molecular weight excluding hydrogens is 468 g/mol. The molecule has 2 heterocycles. The number of imidazole rings is 1. The number of carbonyl (C=O) groups is 1. The first-order valence-electron chi connectivity index (χ1n) is 12.6. The molecule has 2 aromatic carbocycles. The molecule has 1 atom stereocenters. The first kappa shape index (κ1) is 27.6. The summed E-state index contributed by atoms with van der Waals surface area (Å²) >= 11 is 0. The van der Waals surface area contributed by atoms with E-state index >= 15 is 0 Å². The highest BCUT2D eigenvalue weighted by Crippen LogP contribution is 2.28. The fourth-order valence-electron chi connectivity index (χ4n) is 4.35. The molecule has 0 aliphatic heterocycles. The number of aromatic nitrogens is 4. The van der Waals surface area contributed by atoms with Gasteiger partial charge in [0, 0.05) is 12.3 Å². The topological polar surface area (TPSA) is 98.6 Å². The van der Waals surface area contributed by atoms with Gasteiger partial charge in [0.1, 0.15) is 17.9 Å². The van der Waals surface area contributed by atoms with E-state index in [1.165, 1.54) is 12.5 Å². The quantitative estimate of drug-likeness (QED) is 0.308. The van der Waals surface area contributed by atoms with Crippen LogP contribution >= 0.6 is 0 Å².